The zero-order valence-corrected chi connectivity index (χ0v) is 23.4. The summed E-state index contributed by atoms with van der Waals surface area (Å²) in [5.41, 5.74) is 0.133. The number of rotatable bonds is 3. The molecule has 5 fully saturated rings. The van der Waals surface area contributed by atoms with Crippen molar-refractivity contribution in [2.24, 2.45) is 51.2 Å². The van der Waals surface area contributed by atoms with Gasteiger partial charge in [-0.05, 0) is 73.0 Å². The molecule has 35 heavy (non-hydrogen) atoms. The van der Waals surface area contributed by atoms with Crippen LogP contribution in [-0.4, -0.2) is 37.4 Å². The molecule has 5 heteroatoms. The molecule has 1 heterocycles. The summed E-state index contributed by atoms with van der Waals surface area (Å²) < 4.78 is 18.2. The Balaban J connectivity index is 1.59. The molecule has 1 aliphatic heterocycles. The van der Waals surface area contributed by atoms with Crippen LogP contribution in [0.1, 0.15) is 99.8 Å². The van der Waals surface area contributed by atoms with Crippen molar-refractivity contribution in [3.63, 3.8) is 0 Å². The number of methoxy groups -OCH3 is 1. The van der Waals surface area contributed by atoms with E-state index in [1.807, 2.05) is 6.92 Å². The number of carbonyl (C=O) groups is 2. The van der Waals surface area contributed by atoms with Crippen molar-refractivity contribution in [1.82, 2.24) is 0 Å². The highest BCUT2D eigenvalue weighted by Gasteiger charge is 2.73. The maximum atomic E-state index is 14.4. The molecular weight excluding hydrogens is 440 g/mol. The third-order valence-corrected chi connectivity index (χ3v) is 12.9. The van der Waals surface area contributed by atoms with E-state index in [1.165, 1.54) is 39.0 Å². The molecule has 0 aromatic rings. The number of ketones is 1. The van der Waals surface area contributed by atoms with Gasteiger partial charge in [0.05, 0.1) is 12.5 Å². The highest BCUT2D eigenvalue weighted by molar-refractivity contribution is 5.87. The van der Waals surface area contributed by atoms with Gasteiger partial charge >= 0.3 is 5.97 Å². The number of hydrogen-bond donors (Lipinski definition) is 0. The molecule has 0 spiro atoms. The van der Waals surface area contributed by atoms with Crippen molar-refractivity contribution in [1.29, 1.82) is 0 Å². The number of fused-ring (bicyclic) bond motifs is 7. The van der Waals surface area contributed by atoms with Crippen LogP contribution < -0.4 is 0 Å². The monoisotopic (exact) mass is 488 g/mol. The van der Waals surface area contributed by atoms with Gasteiger partial charge in [0, 0.05) is 31.8 Å². The van der Waals surface area contributed by atoms with E-state index in [9.17, 15) is 9.59 Å². The fourth-order valence-electron chi connectivity index (χ4n) is 10.9. The van der Waals surface area contributed by atoms with E-state index in [1.54, 1.807) is 7.11 Å². The van der Waals surface area contributed by atoms with E-state index in [0.29, 0.717) is 36.1 Å². The van der Waals surface area contributed by atoms with Gasteiger partial charge in [-0.3, -0.25) is 9.59 Å². The number of ether oxygens (including phenoxy) is 3. The standard InChI is InChI=1S/C30H48O5/c1-9-26(3)12-10-13-27(4)21(26)11-14-28(5)22(27)16-24(32)29(6)19-17-34-30(7,33-8)25(19)20(15-23(28)29)35-18(2)31/h19-23,25H,9-17H2,1-8H3/t19-,20-,21+,22-,23-,25-,26-,27-,28+,29+,30+/m0/s1. The lowest BCUT2D eigenvalue weighted by Crippen LogP contribution is -2.68. The first-order valence-corrected chi connectivity index (χ1v) is 14.2. The SMILES string of the molecule is CC[C@@]1(C)CCC[C@]2(C)[C@@H]3CC(=O)[C@]4(C)[C@H]5CO[C@@](C)(OC)[C@@H]5[C@@H](OC(C)=O)C[C@H]4[C@]3(C)CC[C@H]12. The fraction of sp³-hybridized carbons (Fsp3) is 0.933. The smallest absolute Gasteiger partial charge is 0.302 e. The van der Waals surface area contributed by atoms with Gasteiger partial charge in [-0.25, -0.2) is 0 Å². The Morgan fingerprint density at radius 3 is 2.34 bits per heavy atom. The van der Waals surface area contributed by atoms with Crippen LogP contribution in [0, 0.1) is 51.2 Å². The maximum Gasteiger partial charge on any atom is 0.302 e. The fourth-order valence-corrected chi connectivity index (χ4v) is 10.9. The molecule has 5 aliphatic rings. The highest BCUT2D eigenvalue weighted by atomic mass is 16.7. The van der Waals surface area contributed by atoms with Crippen molar-refractivity contribution in [2.45, 2.75) is 112 Å². The lowest BCUT2D eigenvalue weighted by Gasteiger charge is -2.70. The van der Waals surface area contributed by atoms with Crippen molar-refractivity contribution < 1.29 is 23.8 Å². The largest absolute Gasteiger partial charge is 0.462 e. The first kappa shape index (κ1) is 25.7. The van der Waals surface area contributed by atoms with Gasteiger partial charge in [0.25, 0.3) is 0 Å². The number of carbonyl (C=O) groups excluding carboxylic acids is 2. The summed E-state index contributed by atoms with van der Waals surface area (Å²) in [6.45, 7) is 16.0. The summed E-state index contributed by atoms with van der Waals surface area (Å²) in [5.74, 6) is 0.427. The van der Waals surface area contributed by atoms with E-state index >= 15 is 0 Å². The van der Waals surface area contributed by atoms with Gasteiger partial charge in [0.2, 0.25) is 0 Å². The summed E-state index contributed by atoms with van der Waals surface area (Å²) in [6, 6.07) is 0. The van der Waals surface area contributed by atoms with Gasteiger partial charge in [-0.15, -0.1) is 0 Å². The van der Waals surface area contributed by atoms with Crippen LogP contribution >= 0.6 is 0 Å². The van der Waals surface area contributed by atoms with Crippen LogP contribution in [-0.2, 0) is 23.8 Å². The zero-order chi connectivity index (χ0) is 25.6. The maximum absolute atomic E-state index is 14.4. The number of hydrogen-bond acceptors (Lipinski definition) is 5. The summed E-state index contributed by atoms with van der Waals surface area (Å²) in [7, 11) is 1.66. The minimum atomic E-state index is -0.841. The quantitative estimate of drug-likeness (QED) is 0.444. The van der Waals surface area contributed by atoms with Crippen molar-refractivity contribution >= 4 is 11.8 Å². The molecule has 1 saturated heterocycles. The van der Waals surface area contributed by atoms with Gasteiger partial charge in [0.1, 0.15) is 11.9 Å². The predicted molar refractivity (Wildman–Crippen MR) is 134 cm³/mol. The molecule has 0 N–H and O–H groups in total. The molecule has 0 aromatic heterocycles. The molecule has 0 radical (unpaired) electrons. The Morgan fingerprint density at radius 2 is 1.71 bits per heavy atom. The van der Waals surface area contributed by atoms with Crippen molar-refractivity contribution in [3.05, 3.63) is 0 Å². The molecule has 5 nitrogen and oxygen atoms in total. The molecule has 0 bridgehead atoms. The van der Waals surface area contributed by atoms with Crippen LogP contribution in [0.4, 0.5) is 0 Å². The van der Waals surface area contributed by atoms with Gasteiger partial charge in [-0.2, -0.15) is 0 Å². The van der Waals surface area contributed by atoms with Gasteiger partial charge in [0.15, 0.2) is 5.79 Å². The molecule has 11 atom stereocenters. The third kappa shape index (κ3) is 3.25. The summed E-state index contributed by atoms with van der Waals surface area (Å²) in [4.78, 5) is 26.6. The minimum Gasteiger partial charge on any atom is -0.462 e. The summed E-state index contributed by atoms with van der Waals surface area (Å²) in [6.07, 6.45) is 8.55. The van der Waals surface area contributed by atoms with Gasteiger partial charge < -0.3 is 14.2 Å². The molecule has 4 aliphatic carbocycles. The van der Waals surface area contributed by atoms with Crippen molar-refractivity contribution in [2.75, 3.05) is 13.7 Å². The second-order valence-electron chi connectivity index (χ2n) is 14.0. The van der Waals surface area contributed by atoms with Gasteiger partial charge in [-0.1, -0.05) is 47.5 Å². The van der Waals surface area contributed by atoms with Crippen molar-refractivity contribution in [3.8, 4) is 0 Å². The van der Waals surface area contributed by atoms with E-state index in [-0.39, 0.29) is 40.7 Å². The zero-order valence-electron chi connectivity index (χ0n) is 23.4. The Kier molecular flexibility index (Phi) is 5.89. The Hall–Kier alpha value is -0.940. The van der Waals surface area contributed by atoms with Crippen LogP contribution in [0.25, 0.3) is 0 Å². The molecule has 0 amide bonds. The summed E-state index contributed by atoms with van der Waals surface area (Å²) >= 11 is 0. The topological polar surface area (TPSA) is 61.8 Å². The Morgan fingerprint density at radius 1 is 1.03 bits per heavy atom. The molecule has 5 rings (SSSR count). The van der Waals surface area contributed by atoms with E-state index in [4.69, 9.17) is 14.2 Å². The summed E-state index contributed by atoms with van der Waals surface area (Å²) in [5, 5.41) is 0. The number of Topliss-reactive ketones (excluding diaryl/α,β-unsaturated/α-hetero) is 1. The lowest BCUT2D eigenvalue weighted by molar-refractivity contribution is -0.248. The van der Waals surface area contributed by atoms with Crippen LogP contribution in [0.5, 0.6) is 0 Å². The van der Waals surface area contributed by atoms with E-state index in [0.717, 1.165) is 12.8 Å². The first-order chi connectivity index (χ1) is 16.3. The molecule has 4 saturated carbocycles. The molecule has 198 valence electrons. The first-order valence-electron chi connectivity index (χ1n) is 14.2. The Bertz CT molecular complexity index is 901. The molecule has 0 unspecified atom stereocenters. The molecule has 0 aromatic carbocycles. The van der Waals surface area contributed by atoms with Crippen LogP contribution in [0.2, 0.25) is 0 Å². The third-order valence-electron chi connectivity index (χ3n) is 12.9. The minimum absolute atomic E-state index is 0.00128. The number of esters is 1. The van der Waals surface area contributed by atoms with Crippen LogP contribution in [0.15, 0.2) is 0 Å². The second-order valence-corrected chi connectivity index (χ2v) is 14.0. The predicted octanol–water partition coefficient (Wildman–Crippen LogP) is 6.18. The Labute approximate surface area is 212 Å². The average Bonchev–Trinajstić information content (AvgIpc) is 3.16. The lowest BCUT2D eigenvalue weighted by atomic mass is 9.34. The average molecular weight is 489 g/mol. The van der Waals surface area contributed by atoms with Crippen LogP contribution in [0.3, 0.4) is 0 Å². The second kappa shape index (κ2) is 8.03. The highest BCUT2D eigenvalue weighted by Crippen LogP contribution is 2.74. The van der Waals surface area contributed by atoms with E-state index in [2.05, 4.69) is 34.6 Å². The molecular formula is C30H48O5. The normalized spacial score (nSPS) is 55.4. The van der Waals surface area contributed by atoms with E-state index < -0.39 is 11.2 Å².